The molecule has 2 atom stereocenters. The molecule has 6 nitrogen and oxygen atoms in total. The summed E-state index contributed by atoms with van der Waals surface area (Å²) in [5.41, 5.74) is 0. The van der Waals surface area contributed by atoms with Crippen molar-refractivity contribution in [3.8, 4) is 0 Å². The summed E-state index contributed by atoms with van der Waals surface area (Å²) >= 11 is 0. The van der Waals surface area contributed by atoms with E-state index in [9.17, 15) is 19.8 Å². The molecule has 3 N–H and O–H groups in total. The molecule has 0 saturated carbocycles. The summed E-state index contributed by atoms with van der Waals surface area (Å²) in [5.74, 6) is -0.103. The highest BCUT2D eigenvalue weighted by molar-refractivity contribution is 5.76. The fourth-order valence-corrected chi connectivity index (χ4v) is 9.65. The zero-order valence-electron chi connectivity index (χ0n) is 47.0. The second kappa shape index (κ2) is 59.6. The highest BCUT2D eigenvalue weighted by atomic mass is 16.5. The lowest BCUT2D eigenvalue weighted by molar-refractivity contribution is -0.143. The van der Waals surface area contributed by atoms with E-state index >= 15 is 0 Å². The molecule has 0 spiro atoms. The number of hydrogen-bond acceptors (Lipinski definition) is 5. The number of hydrogen-bond donors (Lipinski definition) is 3. The molecule has 0 aliphatic heterocycles. The van der Waals surface area contributed by atoms with Gasteiger partial charge in [0.25, 0.3) is 0 Å². The van der Waals surface area contributed by atoms with E-state index in [0.717, 1.165) is 51.4 Å². The molecule has 70 heavy (non-hydrogen) atoms. The lowest BCUT2D eigenvalue weighted by Crippen LogP contribution is -2.45. The Bertz CT molecular complexity index is 1130. The van der Waals surface area contributed by atoms with Crippen molar-refractivity contribution in [1.82, 2.24) is 5.32 Å². The summed E-state index contributed by atoms with van der Waals surface area (Å²) in [6, 6.07) is -0.631. The molecule has 0 aromatic heterocycles. The second-order valence-electron chi connectivity index (χ2n) is 21.4. The highest BCUT2D eigenvalue weighted by Crippen LogP contribution is 2.17. The number of rotatable bonds is 58. The van der Waals surface area contributed by atoms with Crippen LogP contribution in [0.4, 0.5) is 0 Å². The van der Waals surface area contributed by atoms with Crippen LogP contribution in [0.5, 0.6) is 0 Å². The van der Waals surface area contributed by atoms with E-state index in [0.29, 0.717) is 19.4 Å². The maximum absolute atomic E-state index is 12.4. The minimum Gasteiger partial charge on any atom is -0.465 e. The number of carbonyl (C=O) groups excluding carboxylic acids is 2. The predicted octanol–water partition coefficient (Wildman–Crippen LogP) is 19.6. The minimum absolute atomic E-state index is 0.0310. The third-order valence-electron chi connectivity index (χ3n) is 14.4. The van der Waals surface area contributed by atoms with Crippen LogP contribution in [0.2, 0.25) is 0 Å². The first-order valence-electron chi connectivity index (χ1n) is 31.3. The number of amides is 1. The molecule has 0 aliphatic rings. The molecule has 6 heteroatoms. The number of esters is 1. The summed E-state index contributed by atoms with van der Waals surface area (Å²) in [7, 11) is 0. The molecule has 0 aliphatic carbocycles. The standard InChI is InChI=1S/C64H121NO5/c1-3-5-7-9-11-13-15-17-18-19-23-27-30-34-38-42-46-50-54-58-64(69)70-59-55-51-47-43-39-35-31-28-25-22-20-21-24-26-29-33-37-41-45-49-53-57-63(68)65-61(60-66)62(67)56-52-48-44-40-36-32-16-14-12-10-8-6-4-2/h35,39,47,51-52,56,61-62,66-67H,3-34,36-38,40-46,48-50,53-55,57-60H2,1-2H3,(H,65,68)/b39-35-,51-47-,56-52+. The highest BCUT2D eigenvalue weighted by Gasteiger charge is 2.18. The Balaban J connectivity index is 3.44. The lowest BCUT2D eigenvalue weighted by atomic mass is 10.0. The van der Waals surface area contributed by atoms with Gasteiger partial charge >= 0.3 is 5.97 Å². The Morgan fingerprint density at radius 3 is 1.09 bits per heavy atom. The van der Waals surface area contributed by atoms with Gasteiger partial charge in [0.15, 0.2) is 0 Å². The summed E-state index contributed by atoms with van der Waals surface area (Å²) in [5, 5.41) is 23.1. The van der Waals surface area contributed by atoms with Gasteiger partial charge in [-0.2, -0.15) is 0 Å². The average Bonchev–Trinajstić information content (AvgIpc) is 3.36. The normalized spacial score (nSPS) is 12.8. The monoisotopic (exact) mass is 984 g/mol. The minimum atomic E-state index is -0.847. The molecular formula is C64H121NO5. The van der Waals surface area contributed by atoms with E-state index in [-0.39, 0.29) is 18.5 Å². The molecule has 0 aromatic carbocycles. The molecular weight excluding hydrogens is 863 g/mol. The Labute approximate surface area is 436 Å². The fourth-order valence-electron chi connectivity index (χ4n) is 9.65. The van der Waals surface area contributed by atoms with Crippen LogP contribution in [-0.4, -0.2) is 47.4 Å². The van der Waals surface area contributed by atoms with Gasteiger partial charge in [-0.25, -0.2) is 0 Å². The third kappa shape index (κ3) is 55.4. The van der Waals surface area contributed by atoms with Crippen molar-refractivity contribution in [3.05, 3.63) is 36.5 Å². The molecule has 412 valence electrons. The molecule has 2 unspecified atom stereocenters. The molecule has 0 aromatic rings. The Morgan fingerprint density at radius 2 is 0.714 bits per heavy atom. The number of ether oxygens (including phenoxy) is 1. The van der Waals surface area contributed by atoms with Crippen LogP contribution in [0.1, 0.15) is 335 Å². The van der Waals surface area contributed by atoms with Crippen LogP contribution in [0, 0.1) is 0 Å². The van der Waals surface area contributed by atoms with Gasteiger partial charge in [-0.15, -0.1) is 0 Å². The van der Waals surface area contributed by atoms with Crippen LogP contribution < -0.4 is 5.32 Å². The molecule has 0 heterocycles. The number of allylic oxidation sites excluding steroid dienone is 4. The van der Waals surface area contributed by atoms with Gasteiger partial charge in [0.2, 0.25) is 5.91 Å². The van der Waals surface area contributed by atoms with Gasteiger partial charge in [-0.3, -0.25) is 9.59 Å². The topological polar surface area (TPSA) is 95.9 Å². The Kier molecular flexibility index (Phi) is 58.0. The Hall–Kier alpha value is -1.92. The van der Waals surface area contributed by atoms with E-state index in [4.69, 9.17) is 4.74 Å². The lowest BCUT2D eigenvalue weighted by Gasteiger charge is -2.20. The van der Waals surface area contributed by atoms with Crippen molar-refractivity contribution in [2.45, 2.75) is 347 Å². The predicted molar refractivity (Wildman–Crippen MR) is 306 cm³/mol. The number of aliphatic hydroxyl groups is 2. The molecule has 1 amide bonds. The third-order valence-corrected chi connectivity index (χ3v) is 14.4. The largest absolute Gasteiger partial charge is 0.465 e. The maximum atomic E-state index is 12.4. The van der Waals surface area contributed by atoms with Crippen LogP contribution in [-0.2, 0) is 14.3 Å². The molecule has 0 saturated heterocycles. The van der Waals surface area contributed by atoms with Crippen molar-refractivity contribution >= 4 is 11.9 Å². The van der Waals surface area contributed by atoms with Gasteiger partial charge < -0.3 is 20.3 Å². The van der Waals surface area contributed by atoms with Crippen LogP contribution in [0.15, 0.2) is 36.5 Å². The number of unbranched alkanes of at least 4 members (excludes halogenated alkanes) is 43. The fraction of sp³-hybridized carbons (Fsp3) is 0.875. The van der Waals surface area contributed by atoms with E-state index in [1.165, 1.54) is 257 Å². The molecule has 0 radical (unpaired) electrons. The summed E-state index contributed by atoms with van der Waals surface area (Å²) in [4.78, 5) is 24.5. The van der Waals surface area contributed by atoms with Crippen molar-refractivity contribution in [1.29, 1.82) is 0 Å². The summed E-state index contributed by atoms with van der Waals surface area (Å²) in [6.45, 7) is 4.81. The van der Waals surface area contributed by atoms with E-state index < -0.39 is 12.1 Å². The van der Waals surface area contributed by atoms with Crippen LogP contribution in [0.3, 0.4) is 0 Å². The molecule has 0 fully saturated rings. The SMILES string of the molecule is CCCCCCCCCCCCC/C=C/C(O)C(CO)NC(=O)CCCCCCCCCCCCCCCC/C=C\C/C=C\CCOC(=O)CCCCCCCCCCCCCCCCCCCCC. The Morgan fingerprint density at radius 1 is 0.400 bits per heavy atom. The van der Waals surface area contributed by atoms with Gasteiger partial charge in [0.05, 0.1) is 25.4 Å². The number of carbonyl (C=O) groups is 2. The first kappa shape index (κ1) is 68.1. The van der Waals surface area contributed by atoms with Crippen LogP contribution in [0.25, 0.3) is 0 Å². The maximum Gasteiger partial charge on any atom is 0.305 e. The van der Waals surface area contributed by atoms with Crippen molar-refractivity contribution < 1.29 is 24.5 Å². The number of nitrogens with one attached hydrogen (secondary N) is 1. The summed E-state index contributed by atoms with van der Waals surface area (Å²) < 4.78 is 5.44. The van der Waals surface area contributed by atoms with Crippen LogP contribution >= 0.6 is 0 Å². The van der Waals surface area contributed by atoms with Crippen molar-refractivity contribution in [3.63, 3.8) is 0 Å². The van der Waals surface area contributed by atoms with Gasteiger partial charge in [-0.1, -0.05) is 307 Å². The second-order valence-corrected chi connectivity index (χ2v) is 21.4. The first-order chi connectivity index (χ1) is 34.5. The van der Waals surface area contributed by atoms with Gasteiger partial charge in [-0.05, 0) is 51.4 Å². The zero-order valence-corrected chi connectivity index (χ0v) is 47.0. The van der Waals surface area contributed by atoms with Gasteiger partial charge in [0.1, 0.15) is 0 Å². The smallest absolute Gasteiger partial charge is 0.305 e. The number of aliphatic hydroxyl groups excluding tert-OH is 2. The van der Waals surface area contributed by atoms with E-state index in [1.54, 1.807) is 6.08 Å². The van der Waals surface area contributed by atoms with Crippen molar-refractivity contribution in [2.24, 2.45) is 0 Å². The molecule has 0 rings (SSSR count). The average molecular weight is 985 g/mol. The molecule has 0 bridgehead atoms. The zero-order chi connectivity index (χ0) is 50.7. The van der Waals surface area contributed by atoms with Gasteiger partial charge in [0, 0.05) is 12.8 Å². The quantitative estimate of drug-likeness (QED) is 0.0321. The van der Waals surface area contributed by atoms with E-state index in [1.807, 2.05) is 6.08 Å². The van der Waals surface area contributed by atoms with Crippen molar-refractivity contribution in [2.75, 3.05) is 13.2 Å². The first-order valence-corrected chi connectivity index (χ1v) is 31.3. The summed E-state index contributed by atoms with van der Waals surface area (Å²) in [6.07, 6.45) is 74.9. The van der Waals surface area contributed by atoms with E-state index in [2.05, 4.69) is 43.5 Å².